The number of aliphatic hydroxyl groups is 1. The summed E-state index contributed by atoms with van der Waals surface area (Å²) >= 11 is 0. The molecule has 12 heavy (non-hydrogen) atoms. The van der Waals surface area contributed by atoms with Gasteiger partial charge in [0.05, 0.1) is 6.61 Å². The molecule has 1 aliphatic rings. The Kier molecular flexibility index (Phi) is 2.39. The number of hydrogen-bond donors (Lipinski definition) is 2. The van der Waals surface area contributed by atoms with Crippen molar-refractivity contribution in [2.24, 2.45) is 5.92 Å². The van der Waals surface area contributed by atoms with Crippen molar-refractivity contribution in [1.29, 1.82) is 0 Å². The number of carboxylic acid groups (broad SMARTS) is 1. The molecule has 2 N–H and O–H groups in total. The highest BCUT2D eigenvalue weighted by Gasteiger charge is 2.44. The van der Waals surface area contributed by atoms with Crippen LogP contribution in [0.1, 0.15) is 13.8 Å². The molecule has 1 fully saturated rings. The summed E-state index contributed by atoms with van der Waals surface area (Å²) in [5, 5.41) is 17.8. The molecule has 0 aromatic rings. The van der Waals surface area contributed by atoms with E-state index in [2.05, 4.69) is 6.92 Å². The quantitative estimate of drug-likeness (QED) is 0.619. The smallest absolute Gasteiger partial charge is 0.326 e. The third-order valence-electron chi connectivity index (χ3n) is 2.53. The zero-order valence-electron chi connectivity index (χ0n) is 7.45. The normalized spacial score (nSPS) is 24.6. The minimum absolute atomic E-state index is 0.324. The molecule has 1 saturated heterocycles. The van der Waals surface area contributed by atoms with Gasteiger partial charge in [0.1, 0.15) is 5.54 Å². The Morgan fingerprint density at radius 3 is 2.42 bits per heavy atom. The van der Waals surface area contributed by atoms with Gasteiger partial charge in [0, 0.05) is 13.1 Å². The van der Waals surface area contributed by atoms with Gasteiger partial charge >= 0.3 is 5.97 Å². The summed E-state index contributed by atoms with van der Waals surface area (Å²) in [6, 6.07) is 0. The van der Waals surface area contributed by atoms with Crippen LogP contribution in [-0.2, 0) is 4.79 Å². The van der Waals surface area contributed by atoms with Gasteiger partial charge in [0.15, 0.2) is 0 Å². The lowest BCUT2D eigenvalue weighted by Crippen LogP contribution is -2.63. The number of hydrogen-bond acceptors (Lipinski definition) is 3. The van der Waals surface area contributed by atoms with Gasteiger partial charge in [-0.05, 0) is 12.8 Å². The minimum atomic E-state index is -1.08. The van der Waals surface area contributed by atoms with Crippen molar-refractivity contribution in [1.82, 2.24) is 4.90 Å². The molecule has 70 valence electrons. The molecule has 0 bridgehead atoms. The molecule has 0 amide bonds. The number of aliphatic hydroxyl groups excluding tert-OH is 1. The molecule has 1 atom stereocenters. The second-order valence-corrected chi connectivity index (χ2v) is 3.75. The van der Waals surface area contributed by atoms with E-state index >= 15 is 0 Å². The Hall–Kier alpha value is -0.610. The first-order valence-corrected chi connectivity index (χ1v) is 4.10. The SMILES string of the molecule is CC1CN(C(C)(CO)C(=O)O)C1. The number of rotatable bonds is 3. The summed E-state index contributed by atoms with van der Waals surface area (Å²) in [6.45, 7) is 4.83. The molecule has 0 aliphatic carbocycles. The fourth-order valence-corrected chi connectivity index (χ4v) is 1.40. The van der Waals surface area contributed by atoms with Gasteiger partial charge in [-0.2, -0.15) is 0 Å². The van der Waals surface area contributed by atoms with E-state index in [0.29, 0.717) is 5.92 Å². The van der Waals surface area contributed by atoms with Crippen LogP contribution in [0.15, 0.2) is 0 Å². The van der Waals surface area contributed by atoms with Crippen molar-refractivity contribution >= 4 is 5.97 Å². The fourth-order valence-electron chi connectivity index (χ4n) is 1.40. The first-order valence-electron chi connectivity index (χ1n) is 4.10. The maximum absolute atomic E-state index is 10.8. The first kappa shape index (κ1) is 9.48. The van der Waals surface area contributed by atoms with Crippen molar-refractivity contribution in [3.63, 3.8) is 0 Å². The highest BCUT2D eigenvalue weighted by Crippen LogP contribution is 2.25. The van der Waals surface area contributed by atoms with E-state index in [4.69, 9.17) is 10.2 Å². The maximum Gasteiger partial charge on any atom is 0.326 e. The minimum Gasteiger partial charge on any atom is -0.480 e. The molecule has 1 unspecified atom stereocenters. The van der Waals surface area contributed by atoms with Gasteiger partial charge in [0.25, 0.3) is 0 Å². The van der Waals surface area contributed by atoms with Crippen molar-refractivity contribution in [3.8, 4) is 0 Å². The van der Waals surface area contributed by atoms with E-state index in [0.717, 1.165) is 13.1 Å². The van der Waals surface area contributed by atoms with Crippen LogP contribution < -0.4 is 0 Å². The summed E-state index contributed by atoms with van der Waals surface area (Å²) in [5.41, 5.74) is -1.08. The van der Waals surface area contributed by atoms with Gasteiger partial charge in [0.2, 0.25) is 0 Å². The third-order valence-corrected chi connectivity index (χ3v) is 2.53. The number of nitrogens with zero attached hydrogens (tertiary/aromatic N) is 1. The molecule has 0 saturated carbocycles. The highest BCUT2D eigenvalue weighted by molar-refractivity contribution is 5.78. The van der Waals surface area contributed by atoms with Crippen molar-refractivity contribution in [2.75, 3.05) is 19.7 Å². The van der Waals surface area contributed by atoms with E-state index < -0.39 is 11.5 Å². The van der Waals surface area contributed by atoms with E-state index in [1.54, 1.807) is 11.8 Å². The molecule has 1 heterocycles. The lowest BCUT2D eigenvalue weighted by molar-refractivity contribution is -0.159. The van der Waals surface area contributed by atoms with Gasteiger partial charge in [-0.1, -0.05) is 6.92 Å². The Bertz CT molecular complexity index is 189. The Balaban J connectivity index is 2.62. The van der Waals surface area contributed by atoms with E-state index in [-0.39, 0.29) is 6.61 Å². The summed E-state index contributed by atoms with van der Waals surface area (Å²) in [4.78, 5) is 12.6. The lowest BCUT2D eigenvalue weighted by Gasteiger charge is -2.46. The van der Waals surface area contributed by atoms with Crippen molar-refractivity contribution < 1.29 is 15.0 Å². The molecule has 0 radical (unpaired) electrons. The second-order valence-electron chi connectivity index (χ2n) is 3.75. The number of aliphatic carboxylic acids is 1. The van der Waals surface area contributed by atoms with Crippen LogP contribution >= 0.6 is 0 Å². The predicted octanol–water partition coefficient (Wildman–Crippen LogP) is -0.226. The molecule has 4 nitrogen and oxygen atoms in total. The average Bonchev–Trinajstić information content (AvgIpc) is 1.97. The lowest BCUT2D eigenvalue weighted by atomic mass is 9.91. The van der Waals surface area contributed by atoms with Crippen LogP contribution in [0.2, 0.25) is 0 Å². The van der Waals surface area contributed by atoms with Crippen LogP contribution in [0.3, 0.4) is 0 Å². The average molecular weight is 173 g/mol. The van der Waals surface area contributed by atoms with Gasteiger partial charge in [-0.15, -0.1) is 0 Å². The molecular formula is C8H15NO3. The number of carbonyl (C=O) groups is 1. The largest absolute Gasteiger partial charge is 0.480 e. The molecule has 1 rings (SSSR count). The Morgan fingerprint density at radius 2 is 2.17 bits per heavy atom. The monoisotopic (exact) mass is 173 g/mol. The standard InChI is InChI=1S/C8H15NO3/c1-6-3-9(4-6)8(2,5-10)7(11)12/h6,10H,3-5H2,1-2H3,(H,11,12). The molecule has 0 aromatic carbocycles. The van der Waals surface area contributed by atoms with Crippen LogP contribution in [0.25, 0.3) is 0 Å². The van der Waals surface area contributed by atoms with Crippen molar-refractivity contribution in [3.05, 3.63) is 0 Å². The van der Waals surface area contributed by atoms with E-state index in [9.17, 15) is 4.79 Å². The van der Waals surface area contributed by atoms with Gasteiger partial charge < -0.3 is 10.2 Å². The topological polar surface area (TPSA) is 60.8 Å². The maximum atomic E-state index is 10.8. The summed E-state index contributed by atoms with van der Waals surface area (Å²) in [6.07, 6.45) is 0. The van der Waals surface area contributed by atoms with Crippen LogP contribution in [0, 0.1) is 5.92 Å². The molecule has 0 aromatic heterocycles. The Labute approximate surface area is 71.8 Å². The Morgan fingerprint density at radius 1 is 1.67 bits per heavy atom. The summed E-state index contributed by atoms with van der Waals surface area (Å²) in [5.74, 6) is -0.396. The fraction of sp³-hybridized carbons (Fsp3) is 0.875. The molecular weight excluding hydrogens is 158 g/mol. The molecule has 0 spiro atoms. The second kappa shape index (κ2) is 3.03. The van der Waals surface area contributed by atoms with E-state index in [1.165, 1.54) is 0 Å². The highest BCUT2D eigenvalue weighted by atomic mass is 16.4. The zero-order chi connectivity index (χ0) is 9.35. The van der Waals surface area contributed by atoms with E-state index in [1.807, 2.05) is 0 Å². The van der Waals surface area contributed by atoms with Crippen LogP contribution in [0.5, 0.6) is 0 Å². The predicted molar refractivity (Wildman–Crippen MR) is 43.9 cm³/mol. The van der Waals surface area contributed by atoms with Crippen LogP contribution in [-0.4, -0.2) is 46.3 Å². The number of carboxylic acids is 1. The summed E-state index contributed by atoms with van der Waals surface area (Å²) in [7, 11) is 0. The van der Waals surface area contributed by atoms with Gasteiger partial charge in [-0.3, -0.25) is 9.69 Å². The number of likely N-dealkylation sites (tertiary alicyclic amines) is 1. The van der Waals surface area contributed by atoms with Crippen molar-refractivity contribution in [2.45, 2.75) is 19.4 Å². The van der Waals surface area contributed by atoms with Crippen LogP contribution in [0.4, 0.5) is 0 Å². The van der Waals surface area contributed by atoms with Gasteiger partial charge in [-0.25, -0.2) is 0 Å². The first-order chi connectivity index (χ1) is 5.50. The third kappa shape index (κ3) is 1.32. The zero-order valence-corrected chi connectivity index (χ0v) is 7.45. The molecule has 1 aliphatic heterocycles. The molecule has 4 heteroatoms. The summed E-state index contributed by atoms with van der Waals surface area (Å²) < 4.78 is 0.